The van der Waals surface area contributed by atoms with Crippen LogP contribution in [0.1, 0.15) is 33.2 Å². The van der Waals surface area contributed by atoms with Crippen LogP contribution < -0.4 is 5.73 Å². The molecular formula is C17H15NO4. The predicted molar refractivity (Wildman–Crippen MR) is 80.4 cm³/mol. The highest BCUT2D eigenvalue weighted by atomic mass is 16.5. The summed E-state index contributed by atoms with van der Waals surface area (Å²) in [6, 6.07) is 14.9. The van der Waals surface area contributed by atoms with Crippen LogP contribution in [0.3, 0.4) is 0 Å². The molecule has 112 valence electrons. The maximum absolute atomic E-state index is 12.2. The van der Waals surface area contributed by atoms with Crippen molar-refractivity contribution < 1.29 is 19.1 Å². The summed E-state index contributed by atoms with van der Waals surface area (Å²) in [5.41, 5.74) is 6.31. The number of carbonyl (C=O) groups excluding carboxylic acids is 3. The summed E-state index contributed by atoms with van der Waals surface area (Å²) in [6.07, 6.45) is -1.00. The first kappa shape index (κ1) is 15.4. The second-order valence-corrected chi connectivity index (χ2v) is 4.72. The fourth-order valence-electron chi connectivity index (χ4n) is 1.80. The number of hydrogen-bond acceptors (Lipinski definition) is 4. The standard InChI is InChI=1S/C17H15NO4/c1-11(16(18)20)22-17(21)14-9-7-13(8-10-14)15(19)12-5-3-2-4-6-12/h2-11H,1H3,(H2,18,20)/t11-/m1/s1. The van der Waals surface area contributed by atoms with Crippen molar-refractivity contribution in [1.82, 2.24) is 0 Å². The summed E-state index contributed by atoms with van der Waals surface area (Å²) in [7, 11) is 0. The highest BCUT2D eigenvalue weighted by Crippen LogP contribution is 2.12. The molecule has 0 aliphatic carbocycles. The molecule has 2 aromatic rings. The number of benzene rings is 2. The minimum atomic E-state index is -1.00. The van der Waals surface area contributed by atoms with Gasteiger partial charge in [0.05, 0.1) is 5.56 Å². The molecule has 5 nitrogen and oxygen atoms in total. The van der Waals surface area contributed by atoms with Crippen molar-refractivity contribution in [2.45, 2.75) is 13.0 Å². The van der Waals surface area contributed by atoms with Crippen molar-refractivity contribution >= 4 is 17.7 Å². The largest absolute Gasteiger partial charge is 0.449 e. The summed E-state index contributed by atoms with van der Waals surface area (Å²) in [5, 5.41) is 0. The summed E-state index contributed by atoms with van der Waals surface area (Å²) >= 11 is 0. The molecule has 0 aromatic heterocycles. The van der Waals surface area contributed by atoms with Gasteiger partial charge in [0.15, 0.2) is 11.9 Å². The fourth-order valence-corrected chi connectivity index (χ4v) is 1.80. The van der Waals surface area contributed by atoms with Gasteiger partial charge in [-0.15, -0.1) is 0 Å². The number of hydrogen-bond donors (Lipinski definition) is 1. The average molecular weight is 297 g/mol. The first-order valence-electron chi connectivity index (χ1n) is 6.69. The maximum atomic E-state index is 12.2. The monoisotopic (exact) mass is 297 g/mol. The van der Waals surface area contributed by atoms with Crippen LogP contribution in [0.2, 0.25) is 0 Å². The first-order valence-corrected chi connectivity index (χ1v) is 6.69. The Morgan fingerprint density at radius 3 is 1.91 bits per heavy atom. The lowest BCUT2D eigenvalue weighted by Crippen LogP contribution is -2.30. The van der Waals surface area contributed by atoms with Crippen LogP contribution >= 0.6 is 0 Å². The third kappa shape index (κ3) is 3.58. The number of rotatable bonds is 5. The molecule has 0 heterocycles. The van der Waals surface area contributed by atoms with E-state index in [2.05, 4.69) is 0 Å². The minimum absolute atomic E-state index is 0.133. The van der Waals surface area contributed by atoms with E-state index in [0.717, 1.165) is 0 Å². The number of esters is 1. The maximum Gasteiger partial charge on any atom is 0.338 e. The fraction of sp³-hybridized carbons (Fsp3) is 0.118. The molecule has 0 unspecified atom stereocenters. The summed E-state index contributed by atoms with van der Waals surface area (Å²) in [5.74, 6) is -1.51. The Kier molecular flexibility index (Phi) is 4.68. The van der Waals surface area contributed by atoms with Crippen molar-refractivity contribution in [3.05, 3.63) is 71.3 Å². The Morgan fingerprint density at radius 2 is 1.36 bits per heavy atom. The summed E-state index contributed by atoms with van der Waals surface area (Å²) in [4.78, 5) is 34.9. The lowest BCUT2D eigenvalue weighted by atomic mass is 10.0. The second-order valence-electron chi connectivity index (χ2n) is 4.72. The van der Waals surface area contributed by atoms with Gasteiger partial charge >= 0.3 is 5.97 Å². The van der Waals surface area contributed by atoms with Gasteiger partial charge in [0.25, 0.3) is 5.91 Å². The Morgan fingerprint density at radius 1 is 0.864 bits per heavy atom. The molecule has 0 saturated carbocycles. The van der Waals surface area contributed by atoms with E-state index in [-0.39, 0.29) is 11.3 Å². The van der Waals surface area contributed by atoms with Crippen molar-refractivity contribution in [1.29, 1.82) is 0 Å². The zero-order chi connectivity index (χ0) is 16.1. The van der Waals surface area contributed by atoms with Gasteiger partial charge in [0, 0.05) is 11.1 Å². The molecule has 22 heavy (non-hydrogen) atoms. The van der Waals surface area contributed by atoms with Gasteiger partial charge < -0.3 is 10.5 Å². The van der Waals surface area contributed by atoms with Crippen molar-refractivity contribution in [3.8, 4) is 0 Å². The molecule has 0 fully saturated rings. The van der Waals surface area contributed by atoms with Gasteiger partial charge in [-0.05, 0) is 19.1 Å². The molecule has 5 heteroatoms. The normalized spacial score (nSPS) is 11.5. The van der Waals surface area contributed by atoms with Gasteiger partial charge in [0.2, 0.25) is 0 Å². The summed E-state index contributed by atoms with van der Waals surface area (Å²) in [6.45, 7) is 1.40. The molecule has 0 bridgehead atoms. The average Bonchev–Trinajstić information content (AvgIpc) is 2.55. The van der Waals surface area contributed by atoms with Crippen LogP contribution in [0.5, 0.6) is 0 Å². The number of carbonyl (C=O) groups is 3. The van der Waals surface area contributed by atoms with E-state index in [1.54, 1.807) is 36.4 Å². The number of primary amides is 1. The number of ether oxygens (including phenoxy) is 1. The summed E-state index contributed by atoms with van der Waals surface area (Å²) < 4.78 is 4.88. The lowest BCUT2D eigenvalue weighted by molar-refractivity contribution is -0.125. The molecule has 0 aliphatic heterocycles. The molecule has 2 N–H and O–H groups in total. The van der Waals surface area contributed by atoms with Gasteiger partial charge in [0.1, 0.15) is 0 Å². The minimum Gasteiger partial charge on any atom is -0.449 e. The van der Waals surface area contributed by atoms with Gasteiger partial charge in [-0.1, -0.05) is 42.5 Å². The number of amides is 1. The molecule has 2 aromatic carbocycles. The Balaban J connectivity index is 2.12. The Labute approximate surface area is 127 Å². The smallest absolute Gasteiger partial charge is 0.338 e. The van der Waals surface area contributed by atoms with Gasteiger partial charge in [-0.25, -0.2) is 4.79 Å². The second kappa shape index (κ2) is 6.67. The third-order valence-corrected chi connectivity index (χ3v) is 3.10. The predicted octanol–water partition coefficient (Wildman–Crippen LogP) is 1.95. The SMILES string of the molecule is C[C@@H](OC(=O)c1ccc(C(=O)c2ccccc2)cc1)C(N)=O. The first-order chi connectivity index (χ1) is 10.5. The van der Waals surface area contributed by atoms with E-state index >= 15 is 0 Å². The quantitative estimate of drug-likeness (QED) is 0.675. The van der Waals surface area contributed by atoms with E-state index in [9.17, 15) is 14.4 Å². The van der Waals surface area contributed by atoms with Crippen LogP contribution in [-0.2, 0) is 9.53 Å². The van der Waals surface area contributed by atoms with Crippen molar-refractivity contribution in [3.63, 3.8) is 0 Å². The van der Waals surface area contributed by atoms with Gasteiger partial charge in [-0.2, -0.15) is 0 Å². The highest BCUT2D eigenvalue weighted by molar-refractivity contribution is 6.09. The van der Waals surface area contributed by atoms with Crippen LogP contribution in [0.4, 0.5) is 0 Å². The number of ketones is 1. The zero-order valence-electron chi connectivity index (χ0n) is 12.0. The molecule has 0 aliphatic rings. The Bertz CT molecular complexity index is 692. The van der Waals surface area contributed by atoms with Crippen molar-refractivity contribution in [2.24, 2.45) is 5.73 Å². The third-order valence-electron chi connectivity index (χ3n) is 3.10. The van der Waals surface area contributed by atoms with Crippen molar-refractivity contribution in [2.75, 3.05) is 0 Å². The van der Waals surface area contributed by atoms with E-state index in [4.69, 9.17) is 10.5 Å². The lowest BCUT2D eigenvalue weighted by Gasteiger charge is -2.09. The van der Waals surface area contributed by atoms with E-state index in [1.165, 1.54) is 19.1 Å². The van der Waals surface area contributed by atoms with E-state index in [0.29, 0.717) is 11.1 Å². The Hall–Kier alpha value is -2.95. The highest BCUT2D eigenvalue weighted by Gasteiger charge is 2.16. The number of nitrogens with two attached hydrogens (primary N) is 1. The van der Waals surface area contributed by atoms with Crippen LogP contribution in [0.15, 0.2) is 54.6 Å². The molecule has 0 spiro atoms. The van der Waals surface area contributed by atoms with Gasteiger partial charge in [-0.3, -0.25) is 9.59 Å². The van der Waals surface area contributed by atoms with Crippen LogP contribution in [0, 0.1) is 0 Å². The zero-order valence-corrected chi connectivity index (χ0v) is 12.0. The van der Waals surface area contributed by atoms with Crippen LogP contribution in [-0.4, -0.2) is 23.8 Å². The molecule has 1 atom stereocenters. The molecule has 0 saturated heterocycles. The van der Waals surface area contributed by atoms with Crippen LogP contribution in [0.25, 0.3) is 0 Å². The molecule has 1 amide bonds. The van der Waals surface area contributed by atoms with E-state index < -0.39 is 18.0 Å². The molecule has 0 radical (unpaired) electrons. The molecule has 2 rings (SSSR count). The van der Waals surface area contributed by atoms with E-state index in [1.807, 2.05) is 6.07 Å². The molecular weight excluding hydrogens is 282 g/mol. The topological polar surface area (TPSA) is 86.5 Å².